The standard InChI is InChI=1S/C22H22N6O3S2/c1-15-6-4-5-7-19(15)28-21-18(12-25-28)22(24-14-23-21)32-13-20(29)26-16-8-10-17(11-9-16)33(30,31)27(2)3/h4-12,14H,13H2,1-3H3,(H,26,29). The molecule has 0 aliphatic rings. The molecule has 4 rings (SSSR count). The molecule has 0 atom stereocenters. The first-order valence-corrected chi connectivity index (χ1v) is 12.4. The Morgan fingerprint density at radius 1 is 1.09 bits per heavy atom. The zero-order valence-electron chi connectivity index (χ0n) is 18.3. The maximum atomic E-state index is 12.5. The van der Waals surface area contributed by atoms with Gasteiger partial charge in [0.25, 0.3) is 0 Å². The average Bonchev–Trinajstić information content (AvgIpc) is 3.23. The Morgan fingerprint density at radius 3 is 2.52 bits per heavy atom. The van der Waals surface area contributed by atoms with Crippen molar-refractivity contribution in [2.24, 2.45) is 0 Å². The van der Waals surface area contributed by atoms with Gasteiger partial charge in [-0.1, -0.05) is 30.0 Å². The molecule has 2 aromatic carbocycles. The van der Waals surface area contributed by atoms with Gasteiger partial charge in [0.1, 0.15) is 11.4 Å². The number of carbonyl (C=O) groups is 1. The van der Waals surface area contributed by atoms with Gasteiger partial charge < -0.3 is 5.32 Å². The second kappa shape index (κ2) is 9.30. The van der Waals surface area contributed by atoms with Crippen LogP contribution in [0, 0.1) is 6.92 Å². The fourth-order valence-electron chi connectivity index (χ4n) is 3.17. The highest BCUT2D eigenvalue weighted by atomic mass is 32.2. The number of nitrogens with zero attached hydrogens (tertiary/aromatic N) is 5. The Hall–Kier alpha value is -3.28. The third-order valence-corrected chi connectivity index (χ3v) is 7.76. The summed E-state index contributed by atoms with van der Waals surface area (Å²) in [4.78, 5) is 21.3. The topological polar surface area (TPSA) is 110 Å². The quantitative estimate of drug-likeness (QED) is 0.318. The van der Waals surface area contributed by atoms with Crippen LogP contribution in [0.25, 0.3) is 16.7 Å². The van der Waals surface area contributed by atoms with Gasteiger partial charge in [-0.25, -0.2) is 27.4 Å². The molecular formula is C22H22N6O3S2. The van der Waals surface area contributed by atoms with Crippen molar-refractivity contribution in [1.29, 1.82) is 0 Å². The van der Waals surface area contributed by atoms with Crippen LogP contribution < -0.4 is 5.32 Å². The first kappa shape index (κ1) is 22.9. The van der Waals surface area contributed by atoms with Gasteiger partial charge in [0.2, 0.25) is 15.9 Å². The summed E-state index contributed by atoms with van der Waals surface area (Å²) >= 11 is 1.28. The van der Waals surface area contributed by atoms with Gasteiger partial charge in [-0.3, -0.25) is 4.79 Å². The van der Waals surface area contributed by atoms with Crippen molar-refractivity contribution in [3.8, 4) is 5.69 Å². The number of thioether (sulfide) groups is 1. The van der Waals surface area contributed by atoms with E-state index in [-0.39, 0.29) is 16.6 Å². The zero-order chi connectivity index (χ0) is 23.6. The first-order chi connectivity index (χ1) is 15.8. The van der Waals surface area contributed by atoms with Crippen LogP contribution in [0.3, 0.4) is 0 Å². The number of para-hydroxylation sites is 1. The number of benzene rings is 2. The summed E-state index contributed by atoms with van der Waals surface area (Å²) in [6.45, 7) is 2.01. The predicted molar refractivity (Wildman–Crippen MR) is 128 cm³/mol. The van der Waals surface area contributed by atoms with E-state index in [9.17, 15) is 13.2 Å². The molecular weight excluding hydrogens is 460 g/mol. The number of hydrogen-bond acceptors (Lipinski definition) is 7. The number of sulfonamides is 1. The lowest BCUT2D eigenvalue weighted by Crippen LogP contribution is -2.22. The Bertz CT molecular complexity index is 1420. The summed E-state index contributed by atoms with van der Waals surface area (Å²) in [5.74, 6) is -0.111. The molecule has 0 saturated carbocycles. The molecule has 2 heterocycles. The molecule has 2 aromatic heterocycles. The molecule has 0 fully saturated rings. The summed E-state index contributed by atoms with van der Waals surface area (Å²) in [6.07, 6.45) is 3.16. The normalized spacial score (nSPS) is 11.8. The van der Waals surface area contributed by atoms with Crippen LogP contribution in [0.5, 0.6) is 0 Å². The van der Waals surface area contributed by atoms with Gasteiger partial charge in [-0.05, 0) is 42.8 Å². The van der Waals surface area contributed by atoms with E-state index in [1.807, 2.05) is 31.2 Å². The van der Waals surface area contributed by atoms with E-state index in [0.29, 0.717) is 16.4 Å². The summed E-state index contributed by atoms with van der Waals surface area (Å²) in [5, 5.41) is 8.66. The number of nitrogens with one attached hydrogen (secondary N) is 1. The van der Waals surface area contributed by atoms with Crippen molar-refractivity contribution in [3.63, 3.8) is 0 Å². The number of hydrogen-bond donors (Lipinski definition) is 1. The molecule has 1 amide bonds. The van der Waals surface area contributed by atoms with E-state index in [0.717, 1.165) is 20.9 Å². The van der Waals surface area contributed by atoms with Crippen LogP contribution in [0.4, 0.5) is 5.69 Å². The highest BCUT2D eigenvalue weighted by Crippen LogP contribution is 2.27. The molecule has 0 saturated heterocycles. The molecule has 0 aliphatic carbocycles. The summed E-state index contributed by atoms with van der Waals surface area (Å²) in [6, 6.07) is 13.9. The predicted octanol–water partition coefficient (Wildman–Crippen LogP) is 3.11. The van der Waals surface area contributed by atoms with Crippen molar-refractivity contribution in [1.82, 2.24) is 24.1 Å². The van der Waals surface area contributed by atoms with Crippen LogP contribution >= 0.6 is 11.8 Å². The summed E-state index contributed by atoms with van der Waals surface area (Å²) in [5.41, 5.74) is 3.18. The van der Waals surface area contributed by atoms with Crippen molar-refractivity contribution in [2.45, 2.75) is 16.8 Å². The number of amides is 1. The van der Waals surface area contributed by atoms with Crippen LogP contribution in [0.1, 0.15) is 5.56 Å². The SMILES string of the molecule is Cc1ccccc1-n1ncc2c(SCC(=O)Nc3ccc(S(=O)(=O)N(C)C)cc3)ncnc21. The smallest absolute Gasteiger partial charge is 0.242 e. The van der Waals surface area contributed by atoms with Crippen molar-refractivity contribution >= 4 is 44.4 Å². The number of anilines is 1. The maximum absolute atomic E-state index is 12.5. The minimum Gasteiger partial charge on any atom is -0.325 e. The van der Waals surface area contributed by atoms with Crippen molar-refractivity contribution in [3.05, 3.63) is 66.6 Å². The van der Waals surface area contributed by atoms with E-state index < -0.39 is 10.0 Å². The molecule has 33 heavy (non-hydrogen) atoms. The third kappa shape index (κ3) is 4.75. The second-order valence-corrected chi connectivity index (χ2v) is 10.5. The molecule has 0 aliphatic heterocycles. The van der Waals surface area contributed by atoms with Gasteiger partial charge in [-0.2, -0.15) is 5.10 Å². The molecule has 0 unspecified atom stereocenters. The average molecular weight is 483 g/mol. The lowest BCUT2D eigenvalue weighted by Gasteiger charge is -2.12. The summed E-state index contributed by atoms with van der Waals surface area (Å²) in [7, 11) is -0.577. The minimum atomic E-state index is -3.52. The fourth-order valence-corrected chi connectivity index (χ4v) is 4.83. The lowest BCUT2D eigenvalue weighted by molar-refractivity contribution is -0.113. The highest BCUT2D eigenvalue weighted by molar-refractivity contribution is 8.00. The van der Waals surface area contributed by atoms with Gasteiger partial charge in [0.05, 0.1) is 27.9 Å². The molecule has 170 valence electrons. The Balaban J connectivity index is 1.46. The van der Waals surface area contributed by atoms with Crippen LogP contribution in [-0.2, 0) is 14.8 Å². The van der Waals surface area contributed by atoms with Crippen LogP contribution in [0.15, 0.2) is 71.0 Å². The van der Waals surface area contributed by atoms with E-state index >= 15 is 0 Å². The molecule has 1 N–H and O–H groups in total. The first-order valence-electron chi connectivity index (χ1n) is 9.97. The number of aromatic nitrogens is 4. The molecule has 4 aromatic rings. The van der Waals surface area contributed by atoms with E-state index in [4.69, 9.17) is 0 Å². The van der Waals surface area contributed by atoms with Gasteiger partial charge >= 0.3 is 0 Å². The molecule has 0 radical (unpaired) electrons. The molecule has 9 nitrogen and oxygen atoms in total. The van der Waals surface area contributed by atoms with E-state index in [1.54, 1.807) is 23.0 Å². The van der Waals surface area contributed by atoms with Crippen molar-refractivity contribution in [2.75, 3.05) is 25.2 Å². The summed E-state index contributed by atoms with van der Waals surface area (Å²) < 4.78 is 27.2. The molecule has 0 spiro atoms. The number of aryl methyl sites for hydroxylation is 1. The second-order valence-electron chi connectivity index (χ2n) is 7.41. The van der Waals surface area contributed by atoms with E-state index in [1.165, 1.54) is 44.3 Å². The van der Waals surface area contributed by atoms with Gasteiger partial charge in [0.15, 0.2) is 5.65 Å². The minimum absolute atomic E-state index is 0.124. The number of carbonyl (C=O) groups excluding carboxylic acids is 1. The van der Waals surface area contributed by atoms with Gasteiger partial charge in [0, 0.05) is 19.8 Å². The largest absolute Gasteiger partial charge is 0.325 e. The maximum Gasteiger partial charge on any atom is 0.242 e. The highest BCUT2D eigenvalue weighted by Gasteiger charge is 2.17. The van der Waals surface area contributed by atoms with Gasteiger partial charge in [-0.15, -0.1) is 0 Å². The van der Waals surface area contributed by atoms with E-state index in [2.05, 4.69) is 20.4 Å². The third-order valence-electron chi connectivity index (χ3n) is 4.93. The molecule has 0 bridgehead atoms. The Morgan fingerprint density at radius 2 is 1.82 bits per heavy atom. The monoisotopic (exact) mass is 482 g/mol. The Labute approximate surface area is 195 Å². The lowest BCUT2D eigenvalue weighted by atomic mass is 10.2. The van der Waals surface area contributed by atoms with Crippen molar-refractivity contribution < 1.29 is 13.2 Å². The molecule has 11 heteroatoms. The Kier molecular flexibility index (Phi) is 6.45. The number of fused-ring (bicyclic) bond motifs is 1. The number of rotatable bonds is 7. The fraction of sp³-hybridized carbons (Fsp3) is 0.182. The zero-order valence-corrected chi connectivity index (χ0v) is 19.9. The van der Waals surface area contributed by atoms with Crippen LogP contribution in [0.2, 0.25) is 0 Å². The van der Waals surface area contributed by atoms with Crippen LogP contribution in [-0.4, -0.2) is 58.2 Å².